The second-order valence-electron chi connectivity index (χ2n) is 6.54. The molecule has 1 atom stereocenters. The molecule has 1 aliphatic heterocycles. The molecule has 0 aromatic heterocycles. The molecule has 29 heavy (non-hydrogen) atoms. The van der Waals surface area contributed by atoms with E-state index in [4.69, 9.17) is 16.3 Å². The summed E-state index contributed by atoms with van der Waals surface area (Å²) in [7, 11) is 0. The van der Waals surface area contributed by atoms with Crippen LogP contribution in [0.15, 0.2) is 65.9 Å². The van der Waals surface area contributed by atoms with Gasteiger partial charge in [0.1, 0.15) is 0 Å². The Balaban J connectivity index is 1.99. The molecule has 2 aromatic rings. The van der Waals surface area contributed by atoms with Crippen molar-refractivity contribution in [3.8, 4) is 0 Å². The molecule has 0 saturated heterocycles. The van der Waals surface area contributed by atoms with Gasteiger partial charge in [0.25, 0.3) is 0 Å². The zero-order chi connectivity index (χ0) is 21.0. The van der Waals surface area contributed by atoms with Gasteiger partial charge in [-0.1, -0.05) is 35.9 Å². The van der Waals surface area contributed by atoms with Gasteiger partial charge in [-0.15, -0.1) is 0 Å². The number of anilines is 2. The maximum Gasteiger partial charge on any atom is 0.336 e. The number of halogens is 1. The van der Waals surface area contributed by atoms with Gasteiger partial charge in [0, 0.05) is 28.5 Å². The van der Waals surface area contributed by atoms with Gasteiger partial charge in [-0.05, 0) is 44.2 Å². The van der Waals surface area contributed by atoms with Crippen molar-refractivity contribution < 1.29 is 19.1 Å². The lowest BCUT2D eigenvalue weighted by Crippen LogP contribution is -2.43. The van der Waals surface area contributed by atoms with Crippen molar-refractivity contribution >= 4 is 40.8 Å². The zero-order valence-corrected chi connectivity index (χ0v) is 16.9. The Bertz CT molecular complexity index is 972. The number of ether oxygens (including phenoxy) is 1. The Morgan fingerprint density at radius 3 is 2.55 bits per heavy atom. The van der Waals surface area contributed by atoms with Crippen LogP contribution in [-0.2, 0) is 19.1 Å². The van der Waals surface area contributed by atoms with Gasteiger partial charge < -0.3 is 10.1 Å². The molecule has 0 aliphatic carbocycles. The Hall–Kier alpha value is -3.12. The maximum atomic E-state index is 13.0. The number of hydrogen-bond acceptors (Lipinski definition) is 4. The molecule has 0 radical (unpaired) electrons. The Kier molecular flexibility index (Phi) is 6.34. The quantitative estimate of drug-likeness (QED) is 0.748. The van der Waals surface area contributed by atoms with Gasteiger partial charge in [0.05, 0.1) is 18.1 Å². The fraction of sp³-hybridized carbons (Fsp3) is 0.227. The number of rotatable bonds is 5. The summed E-state index contributed by atoms with van der Waals surface area (Å²) in [5, 5.41) is 3.21. The van der Waals surface area contributed by atoms with E-state index in [0.29, 0.717) is 22.1 Å². The lowest BCUT2D eigenvalue weighted by Gasteiger charge is -2.33. The molecule has 1 heterocycles. The Morgan fingerprint density at radius 2 is 1.90 bits per heavy atom. The highest BCUT2D eigenvalue weighted by Gasteiger charge is 2.40. The van der Waals surface area contributed by atoms with Gasteiger partial charge in [-0.25, -0.2) is 4.79 Å². The summed E-state index contributed by atoms with van der Waals surface area (Å²) in [4.78, 5) is 40.0. The molecule has 0 saturated carbocycles. The van der Waals surface area contributed by atoms with Crippen LogP contribution in [0.1, 0.15) is 20.3 Å². The second-order valence-corrected chi connectivity index (χ2v) is 6.98. The molecule has 6 nitrogen and oxygen atoms in total. The van der Waals surface area contributed by atoms with E-state index in [0.717, 1.165) is 0 Å². The van der Waals surface area contributed by atoms with Crippen LogP contribution in [0.3, 0.4) is 0 Å². The predicted octanol–water partition coefficient (Wildman–Crippen LogP) is 4.17. The fourth-order valence-corrected chi connectivity index (χ4v) is 3.55. The second kappa shape index (κ2) is 8.92. The van der Waals surface area contributed by atoms with Gasteiger partial charge in [0.2, 0.25) is 11.8 Å². The fourth-order valence-electron chi connectivity index (χ4n) is 3.36. The van der Waals surface area contributed by atoms with E-state index in [1.165, 1.54) is 4.90 Å². The van der Waals surface area contributed by atoms with Gasteiger partial charge >= 0.3 is 5.97 Å². The van der Waals surface area contributed by atoms with Crippen LogP contribution in [0.4, 0.5) is 11.4 Å². The SMILES string of the molecule is CCOC(=O)C1=C(C)N(c2ccccc2)C(=O)CC1C(=O)Nc1cccc(Cl)c1. The summed E-state index contributed by atoms with van der Waals surface area (Å²) in [6, 6.07) is 15.7. The normalized spacial score (nSPS) is 16.6. The van der Waals surface area contributed by atoms with Crippen molar-refractivity contribution in [2.75, 3.05) is 16.8 Å². The molecule has 3 rings (SSSR count). The zero-order valence-electron chi connectivity index (χ0n) is 16.1. The molecule has 150 valence electrons. The lowest BCUT2D eigenvalue weighted by molar-refractivity contribution is -0.141. The molecule has 0 fully saturated rings. The number of amides is 2. The van der Waals surface area contributed by atoms with E-state index in [9.17, 15) is 14.4 Å². The number of nitrogens with one attached hydrogen (secondary N) is 1. The molecule has 7 heteroatoms. The average Bonchev–Trinajstić information content (AvgIpc) is 2.68. The van der Waals surface area contributed by atoms with Crippen LogP contribution >= 0.6 is 11.6 Å². The van der Waals surface area contributed by atoms with E-state index >= 15 is 0 Å². The third-order valence-electron chi connectivity index (χ3n) is 4.62. The highest BCUT2D eigenvalue weighted by atomic mass is 35.5. The van der Waals surface area contributed by atoms with Crippen molar-refractivity contribution in [2.45, 2.75) is 20.3 Å². The monoisotopic (exact) mass is 412 g/mol. The van der Waals surface area contributed by atoms with Crippen molar-refractivity contribution in [3.05, 3.63) is 70.9 Å². The van der Waals surface area contributed by atoms with Crippen molar-refractivity contribution in [3.63, 3.8) is 0 Å². The molecule has 2 aromatic carbocycles. The number of carbonyl (C=O) groups excluding carboxylic acids is 3. The van der Waals surface area contributed by atoms with Crippen molar-refractivity contribution in [1.29, 1.82) is 0 Å². The summed E-state index contributed by atoms with van der Waals surface area (Å²) < 4.78 is 5.19. The lowest BCUT2D eigenvalue weighted by atomic mass is 9.88. The first-order valence-electron chi connectivity index (χ1n) is 9.24. The van der Waals surface area contributed by atoms with Gasteiger partial charge in [0.15, 0.2) is 0 Å². The molecule has 0 spiro atoms. The third-order valence-corrected chi connectivity index (χ3v) is 4.86. The smallest absolute Gasteiger partial charge is 0.336 e. The third kappa shape index (κ3) is 4.49. The van der Waals surface area contributed by atoms with E-state index in [-0.39, 0.29) is 24.5 Å². The van der Waals surface area contributed by atoms with E-state index in [1.54, 1.807) is 62.4 Å². The number of benzene rings is 2. The number of nitrogens with zero attached hydrogens (tertiary/aromatic N) is 1. The standard InChI is InChI=1S/C22H21ClN2O4/c1-3-29-22(28)20-14(2)25(17-10-5-4-6-11-17)19(26)13-18(20)21(27)24-16-9-7-8-15(23)12-16/h4-12,18H,3,13H2,1-2H3,(H,24,27). The molecule has 0 bridgehead atoms. The van der Waals surface area contributed by atoms with E-state index in [1.807, 2.05) is 6.07 Å². The van der Waals surface area contributed by atoms with E-state index < -0.39 is 17.8 Å². The number of hydrogen-bond donors (Lipinski definition) is 1. The van der Waals surface area contributed by atoms with Crippen LogP contribution in [0.25, 0.3) is 0 Å². The summed E-state index contributed by atoms with van der Waals surface area (Å²) in [6.07, 6.45) is -0.146. The Morgan fingerprint density at radius 1 is 1.17 bits per heavy atom. The predicted molar refractivity (Wildman–Crippen MR) is 111 cm³/mol. The molecule has 1 aliphatic rings. The largest absolute Gasteiger partial charge is 0.463 e. The van der Waals surface area contributed by atoms with Crippen molar-refractivity contribution in [1.82, 2.24) is 0 Å². The number of para-hydroxylation sites is 1. The number of allylic oxidation sites excluding steroid dienone is 1. The van der Waals surface area contributed by atoms with E-state index in [2.05, 4.69) is 5.32 Å². The first-order chi connectivity index (χ1) is 13.9. The molecule has 1 unspecified atom stereocenters. The minimum Gasteiger partial charge on any atom is -0.463 e. The average molecular weight is 413 g/mol. The summed E-state index contributed by atoms with van der Waals surface area (Å²) in [5.74, 6) is -2.30. The summed E-state index contributed by atoms with van der Waals surface area (Å²) >= 11 is 5.97. The Labute approximate surface area is 174 Å². The maximum absolute atomic E-state index is 13.0. The highest BCUT2D eigenvalue weighted by Crippen LogP contribution is 2.34. The highest BCUT2D eigenvalue weighted by molar-refractivity contribution is 6.30. The molecule has 1 N–H and O–H groups in total. The summed E-state index contributed by atoms with van der Waals surface area (Å²) in [6.45, 7) is 3.51. The van der Waals surface area contributed by atoms with Crippen LogP contribution in [0, 0.1) is 5.92 Å². The molecular formula is C22H21ClN2O4. The number of esters is 1. The number of carbonyl (C=O) groups is 3. The van der Waals surface area contributed by atoms with Gasteiger partial charge in [-0.2, -0.15) is 0 Å². The topological polar surface area (TPSA) is 75.7 Å². The molecule has 2 amide bonds. The first-order valence-corrected chi connectivity index (χ1v) is 9.62. The molecular weight excluding hydrogens is 392 g/mol. The summed E-state index contributed by atoms with van der Waals surface area (Å²) in [5.41, 5.74) is 1.68. The van der Waals surface area contributed by atoms with Crippen LogP contribution < -0.4 is 10.2 Å². The van der Waals surface area contributed by atoms with Crippen LogP contribution in [0.2, 0.25) is 5.02 Å². The van der Waals surface area contributed by atoms with Crippen molar-refractivity contribution in [2.24, 2.45) is 5.92 Å². The van der Waals surface area contributed by atoms with Crippen LogP contribution in [-0.4, -0.2) is 24.4 Å². The minimum atomic E-state index is -0.958. The van der Waals surface area contributed by atoms with Crippen LogP contribution in [0.5, 0.6) is 0 Å². The minimum absolute atomic E-state index is 0.146. The first kappa shape index (κ1) is 20.6. The van der Waals surface area contributed by atoms with Gasteiger partial charge in [-0.3, -0.25) is 14.5 Å².